The molecule has 0 radical (unpaired) electrons. The average Bonchev–Trinajstić information content (AvgIpc) is 3.26. The number of hydrogen-bond donors (Lipinski definition) is 0. The summed E-state index contributed by atoms with van der Waals surface area (Å²) in [6, 6.07) is 2.89. The van der Waals surface area contributed by atoms with E-state index in [9.17, 15) is 18.0 Å². The Labute approximate surface area is 114 Å². The van der Waals surface area contributed by atoms with Crippen LogP contribution >= 0.6 is 0 Å². The first kappa shape index (κ1) is 13.4. The lowest BCUT2D eigenvalue weighted by molar-refractivity contribution is -0.118. The third kappa shape index (κ3) is 3.11. The van der Waals surface area contributed by atoms with Gasteiger partial charge in [0.05, 0.1) is 5.36 Å². The molecule has 1 heterocycles. The molecule has 6 heteroatoms. The van der Waals surface area contributed by atoms with Crippen molar-refractivity contribution >= 4 is 5.91 Å². The van der Waals surface area contributed by atoms with Crippen LogP contribution in [0.4, 0.5) is 13.2 Å². The van der Waals surface area contributed by atoms with E-state index in [-0.39, 0.29) is 17.2 Å². The molecule has 20 heavy (non-hydrogen) atoms. The second-order valence-electron chi connectivity index (χ2n) is 5.58. The summed E-state index contributed by atoms with van der Waals surface area (Å²) in [5, 5.41) is 0.237. The van der Waals surface area contributed by atoms with Gasteiger partial charge in [-0.2, -0.15) is 13.2 Å². The van der Waals surface area contributed by atoms with Gasteiger partial charge in [-0.25, -0.2) is 0 Å². The number of alkyl halides is 3. The molecule has 0 aliphatic heterocycles. The van der Waals surface area contributed by atoms with Crippen LogP contribution in [-0.4, -0.2) is 23.2 Å². The summed E-state index contributed by atoms with van der Waals surface area (Å²) in [7, 11) is 0. The van der Waals surface area contributed by atoms with Gasteiger partial charge in [0.15, 0.2) is 0 Å². The van der Waals surface area contributed by atoms with Crippen LogP contribution in [0.2, 0.25) is 0 Å². The maximum Gasteiger partial charge on any atom is 0.407 e. The normalized spacial score (nSPS) is 25.4. The van der Waals surface area contributed by atoms with Crippen molar-refractivity contribution < 1.29 is 18.0 Å². The van der Waals surface area contributed by atoms with Gasteiger partial charge in [0.25, 0.3) is 0 Å². The molecule has 2 aliphatic carbocycles. The van der Waals surface area contributed by atoms with E-state index >= 15 is 0 Å². The molecule has 1 aromatic rings. The van der Waals surface area contributed by atoms with Gasteiger partial charge in [-0.1, -0.05) is 0 Å². The van der Waals surface area contributed by atoms with Crippen molar-refractivity contribution in [1.82, 2.24) is 4.57 Å². The smallest absolute Gasteiger partial charge is 0.294 e. The maximum atomic E-state index is 12.1. The van der Waals surface area contributed by atoms with Crippen molar-refractivity contribution in [3.63, 3.8) is 0 Å². The first-order valence-corrected chi connectivity index (χ1v) is 6.74. The Balaban J connectivity index is 1.65. The standard InChI is InChI=1S/C14H15F3N2O/c15-14(16,17)8-18-10-3-5-19(6-4-10)13(20)12-7-11(12)9-1-2-9/h3-6,9,11-12H,1-2,7-8H2/t11-,12+/m1/s1. The molecule has 3 rings (SSSR count). The molecule has 0 saturated heterocycles. The van der Waals surface area contributed by atoms with Crippen LogP contribution in [0.5, 0.6) is 0 Å². The highest BCUT2D eigenvalue weighted by Gasteiger charge is 2.51. The monoisotopic (exact) mass is 284 g/mol. The first-order valence-electron chi connectivity index (χ1n) is 6.74. The van der Waals surface area contributed by atoms with Gasteiger partial charge in [0, 0.05) is 18.3 Å². The molecule has 1 aromatic heterocycles. The van der Waals surface area contributed by atoms with E-state index in [0.717, 1.165) is 12.3 Å². The Morgan fingerprint density at radius 1 is 1.30 bits per heavy atom. The SMILES string of the molecule is O=C([C@H]1C[C@@H]1C1CC1)n1ccc(=NCC(F)(F)F)cc1. The summed E-state index contributed by atoms with van der Waals surface area (Å²) in [4.78, 5) is 15.6. The predicted octanol–water partition coefficient (Wildman–Crippen LogP) is 2.64. The molecular weight excluding hydrogens is 269 g/mol. The van der Waals surface area contributed by atoms with Gasteiger partial charge in [-0.3, -0.25) is 14.4 Å². The molecule has 2 aliphatic rings. The molecule has 2 atom stereocenters. The topological polar surface area (TPSA) is 34.4 Å². The number of pyridine rings is 1. The highest BCUT2D eigenvalue weighted by atomic mass is 19.4. The second kappa shape index (κ2) is 4.75. The molecule has 0 bridgehead atoms. The van der Waals surface area contributed by atoms with E-state index in [1.54, 1.807) is 0 Å². The minimum atomic E-state index is -4.30. The fourth-order valence-electron chi connectivity index (χ4n) is 2.59. The van der Waals surface area contributed by atoms with Gasteiger partial charge >= 0.3 is 6.18 Å². The van der Waals surface area contributed by atoms with Crippen LogP contribution < -0.4 is 5.36 Å². The number of hydrogen-bond acceptors (Lipinski definition) is 2. The Morgan fingerprint density at radius 3 is 2.50 bits per heavy atom. The molecule has 2 fully saturated rings. The summed E-state index contributed by atoms with van der Waals surface area (Å²) in [6.45, 7) is -1.20. The molecule has 2 saturated carbocycles. The predicted molar refractivity (Wildman–Crippen MR) is 65.9 cm³/mol. The van der Waals surface area contributed by atoms with Crippen LogP contribution in [0.1, 0.15) is 24.1 Å². The van der Waals surface area contributed by atoms with Gasteiger partial charge in [0.2, 0.25) is 5.91 Å². The molecule has 108 valence electrons. The number of rotatable bonds is 3. The van der Waals surface area contributed by atoms with Gasteiger partial charge in [-0.05, 0) is 43.2 Å². The van der Waals surface area contributed by atoms with Crippen molar-refractivity contribution in [3.05, 3.63) is 29.9 Å². The Kier molecular flexibility index (Phi) is 3.18. The van der Waals surface area contributed by atoms with Crippen LogP contribution in [0.25, 0.3) is 0 Å². The van der Waals surface area contributed by atoms with E-state index < -0.39 is 12.7 Å². The Bertz CT molecular complexity index is 566. The minimum absolute atomic E-state index is 0.0456. The van der Waals surface area contributed by atoms with Crippen molar-refractivity contribution in [2.24, 2.45) is 22.7 Å². The average molecular weight is 284 g/mol. The number of halogens is 3. The zero-order valence-electron chi connectivity index (χ0n) is 10.8. The molecule has 3 nitrogen and oxygen atoms in total. The van der Waals surface area contributed by atoms with Crippen molar-refractivity contribution in [1.29, 1.82) is 0 Å². The van der Waals surface area contributed by atoms with E-state index in [4.69, 9.17) is 0 Å². The van der Waals surface area contributed by atoms with Crippen LogP contribution in [0.3, 0.4) is 0 Å². The number of nitrogens with zero attached hydrogens (tertiary/aromatic N) is 2. The summed E-state index contributed by atoms with van der Waals surface area (Å²) < 4.78 is 37.6. The third-order valence-corrected chi connectivity index (χ3v) is 3.89. The van der Waals surface area contributed by atoms with Gasteiger partial charge in [-0.15, -0.1) is 0 Å². The third-order valence-electron chi connectivity index (χ3n) is 3.89. The molecule has 0 unspecified atom stereocenters. The van der Waals surface area contributed by atoms with Crippen molar-refractivity contribution in [2.45, 2.75) is 25.4 Å². The van der Waals surface area contributed by atoms with Crippen molar-refractivity contribution in [2.75, 3.05) is 6.54 Å². The van der Waals surface area contributed by atoms with Crippen molar-refractivity contribution in [3.8, 4) is 0 Å². The van der Waals surface area contributed by atoms with E-state index in [1.807, 2.05) is 0 Å². The molecule has 0 aromatic carbocycles. The minimum Gasteiger partial charge on any atom is -0.294 e. The quantitative estimate of drug-likeness (QED) is 0.840. The van der Waals surface area contributed by atoms with E-state index in [0.29, 0.717) is 5.92 Å². The number of carbonyl (C=O) groups excluding carboxylic acids is 1. The maximum absolute atomic E-state index is 12.1. The Hall–Kier alpha value is -1.59. The molecule has 0 spiro atoms. The zero-order chi connectivity index (χ0) is 14.3. The summed E-state index contributed by atoms with van der Waals surface area (Å²) in [6.07, 6.45) is 2.12. The molecular formula is C14H15F3N2O. The fraction of sp³-hybridized carbons (Fsp3) is 0.571. The number of aromatic nitrogens is 1. The molecule has 0 N–H and O–H groups in total. The lowest BCUT2D eigenvalue weighted by Gasteiger charge is -2.04. The van der Waals surface area contributed by atoms with E-state index in [1.165, 1.54) is 41.9 Å². The summed E-state index contributed by atoms with van der Waals surface area (Å²) in [5.41, 5.74) is 0. The lowest BCUT2D eigenvalue weighted by Crippen LogP contribution is -2.18. The molecule has 0 amide bonds. The first-order chi connectivity index (χ1) is 9.44. The highest BCUT2D eigenvalue weighted by molar-refractivity contribution is 5.84. The van der Waals surface area contributed by atoms with Gasteiger partial charge in [0.1, 0.15) is 6.54 Å². The highest BCUT2D eigenvalue weighted by Crippen LogP contribution is 2.54. The van der Waals surface area contributed by atoms with Crippen LogP contribution in [-0.2, 0) is 0 Å². The van der Waals surface area contributed by atoms with Crippen LogP contribution in [0, 0.1) is 17.8 Å². The largest absolute Gasteiger partial charge is 0.407 e. The summed E-state index contributed by atoms with van der Waals surface area (Å²) >= 11 is 0. The second-order valence-corrected chi connectivity index (χ2v) is 5.58. The van der Waals surface area contributed by atoms with Crippen LogP contribution in [0.15, 0.2) is 29.5 Å². The van der Waals surface area contributed by atoms with E-state index in [2.05, 4.69) is 4.99 Å². The summed E-state index contributed by atoms with van der Waals surface area (Å²) in [5.74, 6) is 1.41. The Morgan fingerprint density at radius 2 is 1.95 bits per heavy atom. The van der Waals surface area contributed by atoms with Gasteiger partial charge < -0.3 is 0 Å². The zero-order valence-corrected chi connectivity index (χ0v) is 10.8. The fourth-order valence-corrected chi connectivity index (χ4v) is 2.59. The number of carbonyl (C=O) groups is 1. The lowest BCUT2D eigenvalue weighted by atomic mass is 10.2.